The van der Waals surface area contributed by atoms with Crippen LogP contribution in [0.2, 0.25) is 0 Å². The molecule has 0 unspecified atom stereocenters. The highest BCUT2D eigenvalue weighted by atomic mass is 32.1. The molecule has 0 N–H and O–H groups in total. The number of furan rings is 1. The van der Waals surface area contributed by atoms with E-state index in [2.05, 4.69) is 171 Å². The lowest BCUT2D eigenvalue weighted by atomic mass is 9.85. The van der Waals surface area contributed by atoms with Crippen LogP contribution in [0.15, 0.2) is 175 Å². The summed E-state index contributed by atoms with van der Waals surface area (Å²) in [5.74, 6) is 0. The van der Waals surface area contributed by atoms with Crippen LogP contribution in [-0.2, 0) is 0 Å². The molecule has 0 atom stereocenters. The van der Waals surface area contributed by atoms with Gasteiger partial charge >= 0.3 is 0 Å². The van der Waals surface area contributed by atoms with Crippen molar-refractivity contribution in [3.8, 4) is 22.3 Å². The minimum absolute atomic E-state index is 0.902. The molecule has 53 heavy (non-hydrogen) atoms. The molecule has 248 valence electrons. The fraction of sp³-hybridized carbons (Fsp3) is 0.0196. The summed E-state index contributed by atoms with van der Waals surface area (Å²) in [6, 6.07) is 59.3. The molecule has 11 aromatic rings. The molecule has 0 amide bonds. The number of hydrogen-bond donors (Lipinski definition) is 0. The monoisotopic (exact) mass is 692 g/mol. The van der Waals surface area contributed by atoms with E-state index >= 15 is 0 Å². The van der Waals surface area contributed by atoms with Crippen molar-refractivity contribution < 1.29 is 4.42 Å². The van der Waals surface area contributed by atoms with Gasteiger partial charge in [0, 0.05) is 30.9 Å². The van der Waals surface area contributed by atoms with E-state index in [-0.39, 0.29) is 0 Å². The SMILES string of the molecule is C=C(c1cccc(-c2ccc3oc4cc5ccccc5cc4c3c2)c1)c1ccccc1-c1c(C)c2ccccc2c2sc3c4ccccc4ccc3c12. The van der Waals surface area contributed by atoms with Gasteiger partial charge in [-0.3, -0.25) is 0 Å². The van der Waals surface area contributed by atoms with Gasteiger partial charge in [0.15, 0.2) is 0 Å². The Morgan fingerprint density at radius 3 is 2.06 bits per heavy atom. The average molecular weight is 693 g/mol. The molecule has 2 aromatic heterocycles. The predicted molar refractivity (Wildman–Crippen MR) is 229 cm³/mol. The van der Waals surface area contributed by atoms with E-state index in [1.807, 2.05) is 11.3 Å². The molecule has 0 spiro atoms. The Labute approximate surface area is 310 Å². The highest BCUT2D eigenvalue weighted by molar-refractivity contribution is 7.27. The standard InChI is InChI=1S/C51H32OS/c1-30(33-15-11-16-34(26-33)37-23-25-46-44(28-37)45-27-35-13-3-4-14-36(35)29-47(45)52-46)38-17-7-9-20-41(38)48-31(2)39-18-8-10-21-42(39)51-49(48)43-24-22-32-12-5-6-19-40(32)50(43)53-51/h3-29H,1H2,2H3. The van der Waals surface area contributed by atoms with Gasteiger partial charge in [-0.1, -0.05) is 140 Å². The quantitative estimate of drug-likeness (QED) is 0.179. The van der Waals surface area contributed by atoms with Gasteiger partial charge in [0.1, 0.15) is 11.2 Å². The maximum absolute atomic E-state index is 6.32. The highest BCUT2D eigenvalue weighted by Crippen LogP contribution is 2.49. The molecule has 0 bridgehead atoms. The molecule has 2 heteroatoms. The minimum Gasteiger partial charge on any atom is -0.456 e. The van der Waals surface area contributed by atoms with Gasteiger partial charge in [-0.15, -0.1) is 11.3 Å². The first-order valence-corrected chi connectivity index (χ1v) is 18.9. The average Bonchev–Trinajstić information content (AvgIpc) is 3.78. The van der Waals surface area contributed by atoms with E-state index in [9.17, 15) is 0 Å². The van der Waals surface area contributed by atoms with Crippen molar-refractivity contribution in [3.63, 3.8) is 0 Å². The van der Waals surface area contributed by atoms with E-state index in [1.165, 1.54) is 69.2 Å². The number of thiophene rings is 1. The largest absolute Gasteiger partial charge is 0.456 e. The maximum atomic E-state index is 6.32. The zero-order valence-electron chi connectivity index (χ0n) is 29.1. The number of hydrogen-bond acceptors (Lipinski definition) is 2. The van der Waals surface area contributed by atoms with Crippen molar-refractivity contribution in [1.29, 1.82) is 0 Å². The van der Waals surface area contributed by atoms with Gasteiger partial charge in [0.25, 0.3) is 0 Å². The molecule has 2 heterocycles. The van der Waals surface area contributed by atoms with E-state index in [1.54, 1.807) is 0 Å². The minimum atomic E-state index is 0.902. The summed E-state index contributed by atoms with van der Waals surface area (Å²) in [7, 11) is 0. The summed E-state index contributed by atoms with van der Waals surface area (Å²) in [5, 5.41) is 12.5. The molecule has 9 aromatic carbocycles. The third kappa shape index (κ3) is 4.56. The van der Waals surface area contributed by atoms with Crippen molar-refractivity contribution in [2.75, 3.05) is 0 Å². The molecule has 0 radical (unpaired) electrons. The Morgan fingerprint density at radius 1 is 0.491 bits per heavy atom. The molecule has 0 fully saturated rings. The zero-order valence-corrected chi connectivity index (χ0v) is 29.9. The summed E-state index contributed by atoms with van der Waals surface area (Å²) in [6.07, 6.45) is 0. The van der Waals surface area contributed by atoms with Crippen LogP contribution in [0.3, 0.4) is 0 Å². The Hall–Kier alpha value is -6.48. The van der Waals surface area contributed by atoms with Crippen LogP contribution in [0.4, 0.5) is 0 Å². The van der Waals surface area contributed by atoms with Crippen molar-refractivity contribution in [2.45, 2.75) is 6.92 Å². The van der Waals surface area contributed by atoms with Crippen molar-refractivity contribution in [3.05, 3.63) is 187 Å². The summed E-state index contributed by atoms with van der Waals surface area (Å²) in [4.78, 5) is 0. The van der Waals surface area contributed by atoms with Gasteiger partial charge in [-0.05, 0) is 114 Å². The maximum Gasteiger partial charge on any atom is 0.136 e. The van der Waals surface area contributed by atoms with Crippen LogP contribution in [-0.4, -0.2) is 0 Å². The second-order valence-electron chi connectivity index (χ2n) is 14.1. The molecule has 0 aliphatic rings. The molecule has 0 saturated carbocycles. The second-order valence-corrected chi connectivity index (χ2v) is 15.1. The number of fused-ring (bicyclic) bond motifs is 11. The highest BCUT2D eigenvalue weighted by Gasteiger charge is 2.22. The van der Waals surface area contributed by atoms with Crippen LogP contribution in [0, 0.1) is 6.92 Å². The molecule has 11 rings (SSSR count). The van der Waals surface area contributed by atoms with Crippen molar-refractivity contribution >= 4 is 91.3 Å². The third-order valence-corrected chi connectivity index (χ3v) is 12.5. The molecule has 1 nitrogen and oxygen atoms in total. The topological polar surface area (TPSA) is 13.1 Å². The first kappa shape index (κ1) is 30.2. The van der Waals surface area contributed by atoms with Crippen molar-refractivity contribution in [1.82, 2.24) is 0 Å². The van der Waals surface area contributed by atoms with Crippen molar-refractivity contribution in [2.24, 2.45) is 0 Å². The normalized spacial score (nSPS) is 11.9. The zero-order chi connectivity index (χ0) is 35.2. The smallest absolute Gasteiger partial charge is 0.136 e. The van der Waals surface area contributed by atoms with Gasteiger partial charge in [0.2, 0.25) is 0 Å². The van der Waals surface area contributed by atoms with E-state index in [4.69, 9.17) is 11.0 Å². The lowest BCUT2D eigenvalue weighted by Gasteiger charge is -2.18. The Morgan fingerprint density at radius 2 is 1.19 bits per heavy atom. The number of benzene rings is 9. The van der Waals surface area contributed by atoms with Gasteiger partial charge in [0.05, 0.1) is 0 Å². The summed E-state index contributed by atoms with van der Waals surface area (Å²) < 4.78 is 9.00. The lowest BCUT2D eigenvalue weighted by molar-refractivity contribution is 0.669. The Balaban J connectivity index is 1.08. The molecule has 0 saturated heterocycles. The Bertz CT molecular complexity index is 3320. The predicted octanol–water partition coefficient (Wildman–Crippen LogP) is 15.1. The fourth-order valence-corrected chi connectivity index (χ4v) is 9.96. The first-order chi connectivity index (χ1) is 26.1. The van der Waals surface area contributed by atoms with Crippen LogP contribution in [0.25, 0.3) is 102 Å². The van der Waals surface area contributed by atoms with Crippen LogP contribution in [0.1, 0.15) is 16.7 Å². The lowest BCUT2D eigenvalue weighted by Crippen LogP contribution is -1.95. The number of aryl methyl sites for hydroxylation is 1. The molecular weight excluding hydrogens is 661 g/mol. The Kier molecular flexibility index (Phi) is 6.56. The van der Waals surface area contributed by atoms with E-state index in [0.29, 0.717) is 0 Å². The van der Waals surface area contributed by atoms with Crippen LogP contribution >= 0.6 is 11.3 Å². The first-order valence-electron chi connectivity index (χ1n) is 18.1. The summed E-state index contributed by atoms with van der Waals surface area (Å²) in [5.41, 5.74) is 11.2. The fourth-order valence-electron chi connectivity index (χ4n) is 8.58. The third-order valence-electron chi connectivity index (χ3n) is 11.2. The van der Waals surface area contributed by atoms with E-state index in [0.717, 1.165) is 49.8 Å². The van der Waals surface area contributed by atoms with Gasteiger partial charge < -0.3 is 4.42 Å². The summed E-state index contributed by atoms with van der Waals surface area (Å²) >= 11 is 1.92. The van der Waals surface area contributed by atoms with Crippen LogP contribution < -0.4 is 0 Å². The van der Waals surface area contributed by atoms with Gasteiger partial charge in [-0.2, -0.15) is 0 Å². The van der Waals surface area contributed by atoms with Gasteiger partial charge in [-0.25, -0.2) is 0 Å². The van der Waals surface area contributed by atoms with Crippen LogP contribution in [0.5, 0.6) is 0 Å². The number of rotatable bonds is 4. The summed E-state index contributed by atoms with van der Waals surface area (Å²) in [6.45, 7) is 7.07. The molecular formula is C51H32OS. The van der Waals surface area contributed by atoms with E-state index < -0.39 is 0 Å². The second kappa shape index (κ2) is 11.5. The molecule has 0 aliphatic heterocycles. The molecule has 0 aliphatic carbocycles.